The molecule has 6 nitrogen and oxygen atoms in total. The fraction of sp³-hybridized carbons (Fsp3) is 0.855. The minimum atomic E-state index is -0.862. The van der Waals surface area contributed by atoms with Gasteiger partial charge in [-0.15, -0.1) is 0 Å². The number of aliphatic hydroxyl groups excluding tert-OH is 2. The second-order valence-corrected chi connectivity index (χ2v) is 22.8. The lowest BCUT2D eigenvalue weighted by molar-refractivity contribution is -0.143. The van der Waals surface area contributed by atoms with Crippen molar-refractivity contribution in [1.82, 2.24) is 5.32 Å². The fourth-order valence-electron chi connectivity index (χ4n) is 10.2. The molecule has 0 bridgehead atoms. The zero-order chi connectivity index (χ0) is 54.3. The van der Waals surface area contributed by atoms with Crippen LogP contribution in [0.5, 0.6) is 0 Å². The zero-order valence-electron chi connectivity index (χ0n) is 50.3. The van der Waals surface area contributed by atoms with Gasteiger partial charge in [0.2, 0.25) is 5.91 Å². The molecule has 0 spiro atoms. The fourth-order valence-corrected chi connectivity index (χ4v) is 10.2. The summed E-state index contributed by atoms with van der Waals surface area (Å²) in [6.07, 6.45) is 83.1. The van der Waals surface area contributed by atoms with Crippen molar-refractivity contribution in [2.24, 2.45) is 0 Å². The van der Waals surface area contributed by atoms with Gasteiger partial charge in [0.1, 0.15) is 0 Å². The van der Waals surface area contributed by atoms with Crippen molar-refractivity contribution in [2.75, 3.05) is 13.2 Å². The zero-order valence-corrected chi connectivity index (χ0v) is 50.3. The first-order chi connectivity index (χ1) is 37.0. The Morgan fingerprint density at radius 3 is 1.03 bits per heavy atom. The molecule has 6 heteroatoms. The Morgan fingerprint density at radius 2 is 0.667 bits per heavy atom. The van der Waals surface area contributed by atoms with Gasteiger partial charge in [-0.3, -0.25) is 9.59 Å². The van der Waals surface area contributed by atoms with Gasteiger partial charge in [0.25, 0.3) is 0 Å². The lowest BCUT2D eigenvalue weighted by Crippen LogP contribution is -2.45. The van der Waals surface area contributed by atoms with E-state index in [1.165, 1.54) is 250 Å². The van der Waals surface area contributed by atoms with E-state index < -0.39 is 12.1 Å². The number of carbonyl (C=O) groups excluding carboxylic acids is 2. The number of allylic oxidation sites excluding steroid dienone is 7. The topological polar surface area (TPSA) is 95.9 Å². The summed E-state index contributed by atoms with van der Waals surface area (Å²) in [6.45, 7) is 4.87. The largest absolute Gasteiger partial charge is 0.466 e. The normalized spacial score (nSPS) is 12.9. The maximum absolute atomic E-state index is 12.5. The molecule has 0 saturated carbocycles. The van der Waals surface area contributed by atoms with Gasteiger partial charge in [-0.1, -0.05) is 300 Å². The second-order valence-electron chi connectivity index (χ2n) is 22.8. The molecule has 0 aliphatic carbocycles. The number of rotatable bonds is 62. The van der Waals surface area contributed by atoms with Crippen molar-refractivity contribution in [3.05, 3.63) is 48.6 Å². The van der Waals surface area contributed by atoms with Crippen molar-refractivity contribution >= 4 is 11.9 Å². The number of hydrogen-bond donors (Lipinski definition) is 3. The van der Waals surface area contributed by atoms with Crippen LogP contribution in [0.2, 0.25) is 0 Å². The molecule has 0 radical (unpaired) electrons. The molecule has 0 fully saturated rings. The van der Waals surface area contributed by atoms with E-state index in [0.29, 0.717) is 19.4 Å². The van der Waals surface area contributed by atoms with Gasteiger partial charge in [-0.05, 0) is 89.9 Å². The van der Waals surface area contributed by atoms with Gasteiger partial charge >= 0.3 is 5.97 Å². The number of ether oxygens (including phenoxy) is 1. The quantitative estimate of drug-likeness (QED) is 0.0244. The first-order valence-corrected chi connectivity index (χ1v) is 33.4. The Bertz CT molecular complexity index is 1260. The Labute approximate surface area is 467 Å². The summed E-state index contributed by atoms with van der Waals surface area (Å²) in [6, 6.07) is -0.647. The molecule has 440 valence electrons. The highest BCUT2D eigenvalue weighted by molar-refractivity contribution is 5.76. The summed E-state index contributed by atoms with van der Waals surface area (Å²) in [5.41, 5.74) is 0. The van der Waals surface area contributed by atoms with Crippen LogP contribution in [0.15, 0.2) is 48.6 Å². The monoisotopic (exact) mass is 1050 g/mol. The van der Waals surface area contributed by atoms with Gasteiger partial charge in [0.15, 0.2) is 0 Å². The first-order valence-electron chi connectivity index (χ1n) is 33.4. The highest BCUT2D eigenvalue weighted by Crippen LogP contribution is 2.17. The Hall–Kier alpha value is -2.18. The summed E-state index contributed by atoms with van der Waals surface area (Å²) in [4.78, 5) is 24.6. The van der Waals surface area contributed by atoms with Crippen LogP contribution in [-0.2, 0) is 14.3 Å². The number of unbranched alkanes of at least 4 members (excludes halogenated alkanes) is 46. The summed E-state index contributed by atoms with van der Waals surface area (Å²) in [5, 5.41) is 23.2. The van der Waals surface area contributed by atoms with Gasteiger partial charge in [-0.25, -0.2) is 0 Å². The summed E-state index contributed by atoms with van der Waals surface area (Å²) in [5.74, 6) is -0.113. The van der Waals surface area contributed by atoms with Gasteiger partial charge in [-0.2, -0.15) is 0 Å². The maximum atomic E-state index is 12.5. The van der Waals surface area contributed by atoms with Crippen LogP contribution in [-0.4, -0.2) is 47.4 Å². The van der Waals surface area contributed by atoms with Crippen molar-refractivity contribution in [3.8, 4) is 0 Å². The number of esters is 1. The lowest BCUT2D eigenvalue weighted by Gasteiger charge is -2.20. The Morgan fingerprint density at radius 1 is 0.373 bits per heavy atom. The van der Waals surface area contributed by atoms with Crippen molar-refractivity contribution < 1.29 is 24.5 Å². The van der Waals surface area contributed by atoms with Crippen molar-refractivity contribution in [3.63, 3.8) is 0 Å². The first kappa shape index (κ1) is 72.8. The standard InChI is InChI=1S/C69H129NO5/c1-3-5-7-9-11-13-15-17-19-21-23-24-25-26-27-28-29-30-33-37-41-45-49-53-57-61-67(72)66(65-71)70-68(73)62-58-54-50-46-42-38-34-32-36-40-44-48-52-56-60-64-75-69(74)63-59-55-51-47-43-39-35-31-22-20-18-16-14-12-10-8-6-4-2/h20,22,32,36,40,44,57,61,66-67,71-72H,3-19,21,23-31,33-35,37-39,41-43,45-56,58-60,62-65H2,1-2H3,(H,70,73)/b22-20-,36-32-,44-40-,61-57+. The SMILES string of the molecule is CCCCCCCCC/C=C\CCCCCCCCCC(=O)OCCCCC/C=C\C=C/CCCCCCCCC(=O)NC(CO)C(O)/C=C/CCCCCCCCCCCCCCCCCCCCCCCCC. The van der Waals surface area contributed by atoms with E-state index in [9.17, 15) is 19.8 Å². The Balaban J connectivity index is 3.52. The average Bonchev–Trinajstić information content (AvgIpc) is 3.41. The predicted molar refractivity (Wildman–Crippen MR) is 329 cm³/mol. The number of carbonyl (C=O) groups is 2. The highest BCUT2D eigenvalue weighted by atomic mass is 16.5. The van der Waals surface area contributed by atoms with E-state index in [-0.39, 0.29) is 18.5 Å². The van der Waals surface area contributed by atoms with Gasteiger partial charge in [0.05, 0.1) is 25.4 Å². The third-order valence-corrected chi connectivity index (χ3v) is 15.3. The molecule has 2 unspecified atom stereocenters. The van der Waals surface area contributed by atoms with E-state index in [0.717, 1.165) is 77.0 Å². The molecule has 0 aromatic heterocycles. The molecule has 0 aliphatic heterocycles. The molecule has 0 aromatic rings. The summed E-state index contributed by atoms with van der Waals surface area (Å²) >= 11 is 0. The van der Waals surface area contributed by atoms with Gasteiger partial charge in [0, 0.05) is 12.8 Å². The molecular formula is C69H129NO5. The average molecular weight is 1050 g/mol. The third-order valence-electron chi connectivity index (χ3n) is 15.3. The van der Waals surface area contributed by atoms with Crippen LogP contribution < -0.4 is 5.32 Å². The molecule has 75 heavy (non-hydrogen) atoms. The van der Waals surface area contributed by atoms with E-state index in [2.05, 4.69) is 55.6 Å². The molecular weight excluding hydrogens is 923 g/mol. The van der Waals surface area contributed by atoms with E-state index in [1.807, 2.05) is 6.08 Å². The Kier molecular flexibility index (Phi) is 62.5. The highest BCUT2D eigenvalue weighted by Gasteiger charge is 2.18. The summed E-state index contributed by atoms with van der Waals surface area (Å²) in [7, 11) is 0. The lowest BCUT2D eigenvalue weighted by atomic mass is 10.0. The minimum Gasteiger partial charge on any atom is -0.466 e. The number of aliphatic hydroxyl groups is 2. The van der Waals surface area contributed by atoms with Crippen LogP contribution in [0.25, 0.3) is 0 Å². The number of amides is 1. The van der Waals surface area contributed by atoms with Crippen LogP contribution in [0, 0.1) is 0 Å². The van der Waals surface area contributed by atoms with Gasteiger partial charge < -0.3 is 20.3 Å². The summed E-state index contributed by atoms with van der Waals surface area (Å²) < 4.78 is 5.46. The third kappa shape index (κ3) is 60.9. The van der Waals surface area contributed by atoms with E-state index >= 15 is 0 Å². The van der Waals surface area contributed by atoms with Crippen LogP contribution in [0.1, 0.15) is 354 Å². The minimum absolute atomic E-state index is 0.0253. The molecule has 0 aromatic carbocycles. The number of nitrogens with one attached hydrogen (secondary N) is 1. The van der Waals surface area contributed by atoms with E-state index in [4.69, 9.17) is 4.74 Å². The van der Waals surface area contributed by atoms with Crippen LogP contribution >= 0.6 is 0 Å². The molecule has 3 N–H and O–H groups in total. The second kappa shape index (κ2) is 64.3. The predicted octanol–water partition coefficient (Wildman–Crippen LogP) is 21.3. The molecule has 2 atom stereocenters. The van der Waals surface area contributed by atoms with E-state index in [1.54, 1.807) is 6.08 Å². The van der Waals surface area contributed by atoms with Crippen LogP contribution in [0.4, 0.5) is 0 Å². The van der Waals surface area contributed by atoms with Crippen molar-refractivity contribution in [1.29, 1.82) is 0 Å². The molecule has 1 amide bonds. The maximum Gasteiger partial charge on any atom is 0.305 e. The number of hydrogen-bond acceptors (Lipinski definition) is 5. The molecule has 0 rings (SSSR count). The van der Waals surface area contributed by atoms with Crippen LogP contribution in [0.3, 0.4) is 0 Å². The smallest absolute Gasteiger partial charge is 0.305 e. The van der Waals surface area contributed by atoms with Crippen molar-refractivity contribution in [2.45, 2.75) is 366 Å². The molecule has 0 aliphatic rings. The molecule has 0 heterocycles. The molecule has 0 saturated heterocycles.